The number of hydrogen-bond acceptors (Lipinski definition) is 4. The lowest BCUT2D eigenvalue weighted by Crippen LogP contribution is -2.52. The lowest BCUT2D eigenvalue weighted by Gasteiger charge is -2.43. The van der Waals surface area contributed by atoms with E-state index in [1.807, 2.05) is 38.1 Å². The fourth-order valence-corrected chi connectivity index (χ4v) is 5.97. The van der Waals surface area contributed by atoms with Crippen molar-refractivity contribution in [1.82, 2.24) is 19.8 Å². The van der Waals surface area contributed by atoms with Crippen LogP contribution in [0.5, 0.6) is 0 Å². The van der Waals surface area contributed by atoms with E-state index in [4.69, 9.17) is 4.74 Å². The molecule has 2 aliphatic heterocycles. The van der Waals surface area contributed by atoms with Crippen LogP contribution in [0.25, 0.3) is 10.9 Å². The molecule has 0 bridgehead atoms. The molecular weight excluding hydrogens is 440 g/mol. The van der Waals surface area contributed by atoms with Crippen LogP contribution in [0.3, 0.4) is 0 Å². The molecule has 2 N–H and O–H groups in total. The molecular formula is C28H36N4O3. The Kier molecular flexibility index (Phi) is 6.55. The van der Waals surface area contributed by atoms with Gasteiger partial charge < -0.3 is 19.6 Å². The van der Waals surface area contributed by atoms with Gasteiger partial charge in [0.15, 0.2) is 0 Å². The molecule has 186 valence electrons. The normalized spacial score (nSPS) is 18.5. The third-order valence-corrected chi connectivity index (χ3v) is 8.10. The molecule has 3 aromatic rings. The molecule has 4 heterocycles. The number of fused-ring (bicyclic) bond motifs is 1. The zero-order valence-electron chi connectivity index (χ0n) is 21.2. The van der Waals surface area contributed by atoms with Crippen molar-refractivity contribution in [3.05, 3.63) is 68.8 Å². The summed E-state index contributed by atoms with van der Waals surface area (Å²) in [4.78, 5) is 31.3. The maximum absolute atomic E-state index is 13.5. The number of nitrogens with one attached hydrogen (secondary N) is 2. The largest absolute Gasteiger partial charge is 0.378 e. The van der Waals surface area contributed by atoms with E-state index in [1.165, 1.54) is 0 Å². The molecule has 2 aromatic heterocycles. The first-order chi connectivity index (χ1) is 16.8. The van der Waals surface area contributed by atoms with Gasteiger partial charge in [-0.05, 0) is 77.2 Å². The minimum Gasteiger partial charge on any atom is -0.378 e. The number of piperidine rings is 1. The van der Waals surface area contributed by atoms with Gasteiger partial charge in [0.1, 0.15) is 0 Å². The summed E-state index contributed by atoms with van der Waals surface area (Å²) in [5.41, 5.74) is 4.96. The molecule has 0 radical (unpaired) electrons. The van der Waals surface area contributed by atoms with E-state index in [0.29, 0.717) is 29.1 Å². The summed E-state index contributed by atoms with van der Waals surface area (Å²) in [5.74, 6) is 0.426. The van der Waals surface area contributed by atoms with E-state index in [9.17, 15) is 9.59 Å². The van der Waals surface area contributed by atoms with Crippen molar-refractivity contribution in [3.8, 4) is 0 Å². The van der Waals surface area contributed by atoms with Gasteiger partial charge in [-0.1, -0.05) is 18.2 Å². The molecule has 2 fully saturated rings. The van der Waals surface area contributed by atoms with Gasteiger partial charge in [0.05, 0.1) is 24.8 Å². The quantitative estimate of drug-likeness (QED) is 0.566. The van der Waals surface area contributed by atoms with Crippen LogP contribution < -0.4 is 10.9 Å². The second-order valence-electron chi connectivity index (χ2n) is 10.3. The zero-order chi connectivity index (χ0) is 24.7. The second kappa shape index (κ2) is 9.63. The molecule has 1 atom stereocenters. The average molecular weight is 477 g/mol. The first-order valence-electron chi connectivity index (χ1n) is 12.7. The second-order valence-corrected chi connectivity index (χ2v) is 10.3. The Labute approximate surface area is 206 Å². The predicted molar refractivity (Wildman–Crippen MR) is 138 cm³/mol. The van der Waals surface area contributed by atoms with Gasteiger partial charge in [-0.15, -0.1) is 0 Å². The number of aromatic amines is 1. The van der Waals surface area contributed by atoms with Crippen LogP contribution in [0.1, 0.15) is 58.7 Å². The molecule has 35 heavy (non-hydrogen) atoms. The highest BCUT2D eigenvalue weighted by Crippen LogP contribution is 2.36. The summed E-state index contributed by atoms with van der Waals surface area (Å²) in [6.45, 7) is 12.3. The molecule has 2 aliphatic rings. The van der Waals surface area contributed by atoms with Crippen molar-refractivity contribution < 1.29 is 9.53 Å². The predicted octanol–water partition coefficient (Wildman–Crippen LogP) is 3.86. The van der Waals surface area contributed by atoms with Crippen LogP contribution in [-0.2, 0) is 11.3 Å². The molecule has 1 amide bonds. The smallest absolute Gasteiger partial charge is 0.254 e. The van der Waals surface area contributed by atoms with Crippen molar-refractivity contribution in [1.29, 1.82) is 0 Å². The van der Waals surface area contributed by atoms with Gasteiger partial charge >= 0.3 is 0 Å². The number of aromatic nitrogens is 2. The van der Waals surface area contributed by atoms with Crippen molar-refractivity contribution in [2.75, 3.05) is 26.3 Å². The van der Waals surface area contributed by atoms with Gasteiger partial charge in [0.25, 0.3) is 11.5 Å². The highest BCUT2D eigenvalue weighted by atomic mass is 16.5. The molecule has 2 saturated heterocycles. The maximum atomic E-state index is 13.5. The molecule has 0 spiro atoms. The number of hydrogen-bond donors (Lipinski definition) is 2. The summed E-state index contributed by atoms with van der Waals surface area (Å²) < 4.78 is 7.75. The van der Waals surface area contributed by atoms with E-state index in [0.717, 1.165) is 67.0 Å². The van der Waals surface area contributed by atoms with Gasteiger partial charge in [-0.3, -0.25) is 14.5 Å². The fraction of sp³-hybridized carbons (Fsp3) is 0.500. The molecule has 7 nitrogen and oxygen atoms in total. The molecule has 7 heteroatoms. The number of H-pyrrole nitrogens is 1. The van der Waals surface area contributed by atoms with Crippen LogP contribution in [0.2, 0.25) is 0 Å². The standard InChI is InChI=1S/C28H36N4O3/c1-17-13-18(2)30-27(33)24(17)14-29-28(34)26-20(4)32(25-8-6-5-7-23(25)26)19(3)21-9-11-31(12-10-21)22-15-35-16-22/h5-8,13,19,21-22H,9-12,14-16H2,1-4H3,(H,29,34)(H,30,33). The lowest BCUT2D eigenvalue weighted by atomic mass is 9.89. The van der Waals surface area contributed by atoms with Crippen molar-refractivity contribution >= 4 is 16.8 Å². The Balaban J connectivity index is 1.39. The summed E-state index contributed by atoms with van der Waals surface area (Å²) in [6, 6.07) is 11.0. The number of benzene rings is 1. The molecule has 0 saturated carbocycles. The first-order valence-corrected chi connectivity index (χ1v) is 12.7. The third-order valence-electron chi connectivity index (χ3n) is 8.10. The Morgan fingerprint density at radius 2 is 1.89 bits per heavy atom. The van der Waals surface area contributed by atoms with Crippen molar-refractivity contribution in [2.24, 2.45) is 5.92 Å². The summed E-state index contributed by atoms with van der Waals surface area (Å²) in [5, 5.41) is 3.99. The number of pyridine rings is 1. The Bertz CT molecular complexity index is 1300. The van der Waals surface area contributed by atoms with Crippen LogP contribution in [0, 0.1) is 26.7 Å². The molecule has 0 aliphatic carbocycles. The van der Waals surface area contributed by atoms with E-state index < -0.39 is 0 Å². The third kappa shape index (κ3) is 4.43. The Morgan fingerprint density at radius 3 is 2.54 bits per heavy atom. The van der Waals surface area contributed by atoms with E-state index in [-0.39, 0.29) is 18.0 Å². The Hall–Kier alpha value is -2.90. The average Bonchev–Trinajstić information content (AvgIpc) is 3.09. The van der Waals surface area contributed by atoms with Gasteiger partial charge in [-0.25, -0.2) is 0 Å². The lowest BCUT2D eigenvalue weighted by molar-refractivity contribution is -0.0752. The zero-order valence-corrected chi connectivity index (χ0v) is 21.2. The minimum absolute atomic E-state index is 0.135. The fourth-order valence-electron chi connectivity index (χ4n) is 5.97. The van der Waals surface area contributed by atoms with Crippen molar-refractivity contribution in [3.63, 3.8) is 0 Å². The number of aryl methyl sites for hydroxylation is 2. The summed E-state index contributed by atoms with van der Waals surface area (Å²) in [7, 11) is 0. The number of carbonyl (C=O) groups excluding carboxylic acids is 1. The monoisotopic (exact) mass is 476 g/mol. The van der Waals surface area contributed by atoms with Crippen LogP contribution in [0.15, 0.2) is 35.1 Å². The number of nitrogens with zero attached hydrogens (tertiary/aromatic N) is 2. The number of ether oxygens (including phenoxy) is 1. The number of likely N-dealkylation sites (tertiary alicyclic amines) is 1. The van der Waals surface area contributed by atoms with Gasteiger partial charge in [0, 0.05) is 40.4 Å². The number of carbonyl (C=O) groups is 1. The number of para-hydroxylation sites is 1. The molecule has 1 unspecified atom stereocenters. The first kappa shape index (κ1) is 23.8. The van der Waals surface area contributed by atoms with Crippen LogP contribution in [0.4, 0.5) is 0 Å². The van der Waals surface area contributed by atoms with Crippen LogP contribution >= 0.6 is 0 Å². The van der Waals surface area contributed by atoms with E-state index in [2.05, 4.69) is 39.7 Å². The maximum Gasteiger partial charge on any atom is 0.254 e. The van der Waals surface area contributed by atoms with E-state index >= 15 is 0 Å². The highest BCUT2D eigenvalue weighted by Gasteiger charge is 2.33. The molecule has 5 rings (SSSR count). The molecule has 1 aromatic carbocycles. The Morgan fingerprint density at radius 1 is 1.17 bits per heavy atom. The van der Waals surface area contributed by atoms with E-state index in [1.54, 1.807) is 0 Å². The topological polar surface area (TPSA) is 79.4 Å². The SMILES string of the molecule is Cc1cc(C)c(CNC(=O)c2c(C)n(C(C)C3CCN(C4COC4)CC3)c3ccccc23)c(=O)[nH]1. The summed E-state index contributed by atoms with van der Waals surface area (Å²) in [6.07, 6.45) is 2.31. The highest BCUT2D eigenvalue weighted by molar-refractivity contribution is 6.08. The van der Waals surface area contributed by atoms with Gasteiger partial charge in [-0.2, -0.15) is 0 Å². The number of rotatable bonds is 6. The van der Waals surface area contributed by atoms with Crippen molar-refractivity contribution in [2.45, 2.75) is 59.2 Å². The number of amides is 1. The van der Waals surface area contributed by atoms with Crippen LogP contribution in [-0.4, -0.2) is 52.7 Å². The van der Waals surface area contributed by atoms with Gasteiger partial charge in [0.2, 0.25) is 0 Å². The minimum atomic E-state index is -0.143. The summed E-state index contributed by atoms with van der Waals surface area (Å²) >= 11 is 0.